The number of ether oxygens (including phenoxy) is 3. The molecule has 9 heteroatoms. The molecule has 3 aliphatic heterocycles. The topological polar surface area (TPSA) is 106 Å². The Hall–Kier alpha value is -1.06. The van der Waals surface area contributed by atoms with E-state index in [1.54, 1.807) is 13.8 Å². The molecule has 116 valence electrons. The van der Waals surface area contributed by atoms with E-state index in [1.165, 1.54) is 10.8 Å². The maximum atomic E-state index is 12.0. The van der Waals surface area contributed by atoms with Crippen molar-refractivity contribution in [3.05, 3.63) is 0 Å². The first-order chi connectivity index (χ1) is 9.82. The molecule has 0 aromatic heterocycles. The number of alkyl halides is 1. The normalized spacial score (nSPS) is 41.7. The Morgan fingerprint density at radius 1 is 1.48 bits per heavy atom. The number of halogens is 1. The summed E-state index contributed by atoms with van der Waals surface area (Å²) in [5.74, 6) is -0.776. The van der Waals surface area contributed by atoms with Crippen LogP contribution < -0.4 is 5.73 Å². The van der Waals surface area contributed by atoms with Crippen molar-refractivity contribution >= 4 is 29.7 Å². The van der Waals surface area contributed by atoms with Crippen molar-refractivity contribution in [1.82, 2.24) is 0 Å². The Bertz CT molecular complexity index is 535. The fourth-order valence-electron chi connectivity index (χ4n) is 2.73. The summed E-state index contributed by atoms with van der Waals surface area (Å²) in [6, 6.07) is -0.583. The summed E-state index contributed by atoms with van der Waals surface area (Å²) in [4.78, 5) is 15.7. The minimum Gasteiger partial charge on any atom is -0.394 e. The van der Waals surface area contributed by atoms with Crippen molar-refractivity contribution in [1.29, 1.82) is 0 Å². The first kappa shape index (κ1) is 14.9. The van der Waals surface area contributed by atoms with Crippen LogP contribution in [0.25, 0.3) is 0 Å². The van der Waals surface area contributed by atoms with Gasteiger partial charge in [0, 0.05) is 4.99 Å². The SMILES string of the molecule is CC1(C)OC2[C@@H](O1)[C@@H](CO)O[C@H]2[N+]1=CC(Cl)C(N)=NC1=O. The molecule has 3 heterocycles. The molecule has 0 aliphatic carbocycles. The summed E-state index contributed by atoms with van der Waals surface area (Å²) in [7, 11) is 0. The van der Waals surface area contributed by atoms with Crippen molar-refractivity contribution in [2.24, 2.45) is 10.7 Å². The highest BCUT2D eigenvalue weighted by molar-refractivity contribution is 6.40. The lowest BCUT2D eigenvalue weighted by Crippen LogP contribution is -2.46. The van der Waals surface area contributed by atoms with E-state index in [2.05, 4.69) is 4.99 Å². The smallest absolute Gasteiger partial charge is 0.394 e. The average Bonchev–Trinajstić information content (AvgIpc) is 2.87. The number of carbonyl (C=O) groups excluding carboxylic acids is 1. The van der Waals surface area contributed by atoms with E-state index in [1.807, 2.05) is 0 Å². The van der Waals surface area contributed by atoms with Gasteiger partial charge in [0.1, 0.15) is 18.4 Å². The summed E-state index contributed by atoms with van der Waals surface area (Å²) >= 11 is 5.99. The Morgan fingerprint density at radius 3 is 2.81 bits per heavy atom. The minimum absolute atomic E-state index is 0.0371. The molecule has 5 atom stereocenters. The second-order valence-electron chi connectivity index (χ2n) is 5.59. The second-order valence-corrected chi connectivity index (χ2v) is 6.06. The molecule has 3 N–H and O–H groups in total. The molecule has 3 rings (SSSR count). The van der Waals surface area contributed by atoms with E-state index in [0.29, 0.717) is 0 Å². The molecule has 8 nitrogen and oxygen atoms in total. The van der Waals surface area contributed by atoms with Gasteiger partial charge in [-0.15, -0.1) is 11.6 Å². The van der Waals surface area contributed by atoms with Crippen molar-refractivity contribution < 1.29 is 28.7 Å². The van der Waals surface area contributed by atoms with E-state index in [9.17, 15) is 9.90 Å². The molecule has 0 radical (unpaired) electrons. The van der Waals surface area contributed by atoms with Crippen LogP contribution in [-0.2, 0) is 14.2 Å². The monoisotopic (exact) mass is 318 g/mol. The Kier molecular flexibility index (Phi) is 3.53. The van der Waals surface area contributed by atoms with Gasteiger partial charge in [0.15, 0.2) is 17.3 Å². The van der Waals surface area contributed by atoms with E-state index in [4.69, 9.17) is 31.5 Å². The highest BCUT2D eigenvalue weighted by Crippen LogP contribution is 2.39. The van der Waals surface area contributed by atoms with Crippen LogP contribution in [-0.4, -0.2) is 70.1 Å². The van der Waals surface area contributed by atoms with Crippen LogP contribution >= 0.6 is 11.6 Å². The van der Waals surface area contributed by atoms with Gasteiger partial charge < -0.3 is 25.1 Å². The minimum atomic E-state index is -0.813. The number of aliphatic imine (C=N–C) groups is 1. The molecule has 0 aromatic carbocycles. The van der Waals surface area contributed by atoms with Crippen LogP contribution in [0.2, 0.25) is 0 Å². The lowest BCUT2D eigenvalue weighted by atomic mass is 10.1. The van der Waals surface area contributed by atoms with Gasteiger partial charge in [-0.05, 0) is 13.8 Å². The number of hydrogen-bond donors (Lipinski definition) is 2. The zero-order chi connectivity index (χ0) is 15.4. The average molecular weight is 319 g/mol. The first-order valence-electron chi connectivity index (χ1n) is 6.60. The van der Waals surface area contributed by atoms with Crippen LogP contribution in [0.5, 0.6) is 0 Å². The van der Waals surface area contributed by atoms with Crippen LogP contribution in [0.1, 0.15) is 13.8 Å². The van der Waals surface area contributed by atoms with Crippen molar-refractivity contribution in [2.45, 2.75) is 49.6 Å². The van der Waals surface area contributed by atoms with Crippen molar-refractivity contribution in [3.8, 4) is 0 Å². The number of urea groups is 1. The van der Waals surface area contributed by atoms with Crippen molar-refractivity contribution in [3.63, 3.8) is 0 Å². The molecule has 0 bridgehead atoms. The predicted octanol–water partition coefficient (Wildman–Crippen LogP) is -0.595. The Balaban J connectivity index is 1.89. The van der Waals surface area contributed by atoms with E-state index in [0.717, 1.165) is 0 Å². The maximum Gasteiger partial charge on any atom is 0.543 e. The lowest BCUT2D eigenvalue weighted by Gasteiger charge is -2.23. The maximum absolute atomic E-state index is 12.0. The number of amidine groups is 1. The first-order valence-corrected chi connectivity index (χ1v) is 7.03. The number of hydrogen-bond acceptors (Lipinski definition) is 6. The molecule has 2 unspecified atom stereocenters. The lowest BCUT2D eigenvalue weighted by molar-refractivity contribution is -0.536. The Morgan fingerprint density at radius 2 is 2.14 bits per heavy atom. The quantitative estimate of drug-likeness (QED) is 0.520. The molecule has 0 saturated carbocycles. The van der Waals surface area contributed by atoms with Gasteiger partial charge in [-0.1, -0.05) is 0 Å². The zero-order valence-electron chi connectivity index (χ0n) is 11.6. The molecular formula is C12H17ClN3O5+. The summed E-state index contributed by atoms with van der Waals surface area (Å²) in [6.45, 7) is 3.28. The van der Waals surface area contributed by atoms with Crippen LogP contribution in [0, 0.1) is 0 Å². The zero-order valence-corrected chi connectivity index (χ0v) is 12.4. The summed E-state index contributed by atoms with van der Waals surface area (Å²) in [5.41, 5.74) is 5.54. The molecule has 2 saturated heterocycles. The second kappa shape index (κ2) is 4.99. The van der Waals surface area contributed by atoms with Gasteiger partial charge >= 0.3 is 6.03 Å². The van der Waals surface area contributed by atoms with Crippen molar-refractivity contribution in [2.75, 3.05) is 6.61 Å². The van der Waals surface area contributed by atoms with E-state index >= 15 is 0 Å². The molecular weight excluding hydrogens is 302 g/mol. The number of aliphatic hydroxyl groups is 1. The predicted molar refractivity (Wildman–Crippen MR) is 72.6 cm³/mol. The standard InChI is InChI=1S/C12H16ClN3O5/c1-12(2)20-7-6(4-17)19-10(8(7)21-12)16-3-5(13)9(14)15-11(16)18/h3,5-8,10,17H,4H2,1-2H3,(H-,14,15,18)/p+1/t5?,6-,7+,8?,10-/m1/s1. The molecule has 2 amide bonds. The van der Waals surface area contributed by atoms with E-state index in [-0.39, 0.29) is 12.4 Å². The van der Waals surface area contributed by atoms with Crippen LogP contribution in [0.15, 0.2) is 4.99 Å². The molecule has 0 spiro atoms. The van der Waals surface area contributed by atoms with Gasteiger partial charge in [-0.25, -0.2) is 0 Å². The third-order valence-electron chi connectivity index (χ3n) is 3.60. The van der Waals surface area contributed by atoms with Gasteiger partial charge in [-0.3, -0.25) is 0 Å². The summed E-state index contributed by atoms with van der Waals surface area (Å²) in [5, 5.41) is 8.71. The number of nitrogens with zero attached hydrogens (tertiary/aromatic N) is 2. The highest BCUT2D eigenvalue weighted by atomic mass is 35.5. The largest absolute Gasteiger partial charge is 0.543 e. The molecule has 3 aliphatic rings. The van der Waals surface area contributed by atoms with Gasteiger partial charge in [0.25, 0.3) is 0 Å². The van der Waals surface area contributed by atoms with Gasteiger partial charge in [0.2, 0.25) is 12.1 Å². The highest BCUT2D eigenvalue weighted by Gasteiger charge is 2.59. The summed E-state index contributed by atoms with van der Waals surface area (Å²) in [6.07, 6.45) is -0.911. The number of amides is 2. The van der Waals surface area contributed by atoms with Gasteiger partial charge in [-0.2, -0.15) is 9.37 Å². The third kappa shape index (κ3) is 2.47. The number of aliphatic hydroxyl groups excluding tert-OH is 1. The molecule has 21 heavy (non-hydrogen) atoms. The number of rotatable bonds is 2. The molecule has 0 aromatic rings. The number of fused-ring (bicyclic) bond motifs is 1. The molecule has 2 fully saturated rings. The van der Waals surface area contributed by atoms with Crippen LogP contribution in [0.3, 0.4) is 0 Å². The fraction of sp³-hybridized carbons (Fsp3) is 0.750. The fourth-order valence-corrected chi connectivity index (χ4v) is 2.90. The third-order valence-corrected chi connectivity index (χ3v) is 3.94. The number of nitrogens with two attached hydrogens (primary N) is 1. The summed E-state index contributed by atoms with van der Waals surface area (Å²) < 4.78 is 18.4. The van der Waals surface area contributed by atoms with Gasteiger partial charge in [0.05, 0.1) is 6.61 Å². The Labute approximate surface area is 126 Å². The van der Waals surface area contributed by atoms with E-state index < -0.39 is 41.7 Å². The van der Waals surface area contributed by atoms with Crippen LogP contribution in [0.4, 0.5) is 4.79 Å². The number of carbonyl (C=O) groups is 1.